The summed E-state index contributed by atoms with van der Waals surface area (Å²) in [6.07, 6.45) is 3.14. The second kappa shape index (κ2) is 8.54. The number of amides is 1. The fourth-order valence-corrected chi connectivity index (χ4v) is 3.07. The van der Waals surface area contributed by atoms with Crippen molar-refractivity contribution in [3.8, 4) is 11.3 Å². The van der Waals surface area contributed by atoms with Crippen LogP contribution in [0.2, 0.25) is 0 Å². The van der Waals surface area contributed by atoms with Gasteiger partial charge in [0.1, 0.15) is 5.69 Å². The van der Waals surface area contributed by atoms with Crippen molar-refractivity contribution in [2.24, 2.45) is 5.10 Å². The number of nitrogens with zero attached hydrogens (tertiary/aromatic N) is 2. The van der Waals surface area contributed by atoms with Gasteiger partial charge >= 0.3 is 0 Å². The highest BCUT2D eigenvalue weighted by atomic mass is 35.5. The Hall–Kier alpha value is -3.70. The van der Waals surface area contributed by atoms with Crippen LogP contribution in [0.25, 0.3) is 28.1 Å². The molecule has 0 saturated carbocycles. The predicted octanol–water partition coefficient (Wildman–Crippen LogP) is 5.23. The molecule has 0 radical (unpaired) electrons. The second-order valence-electron chi connectivity index (χ2n) is 6.37. The zero-order valence-corrected chi connectivity index (χ0v) is 16.1. The number of fused-ring (bicyclic) bond motifs is 1. The van der Waals surface area contributed by atoms with E-state index < -0.39 is 5.91 Å². The molecule has 0 aliphatic carbocycles. The number of carbonyl (C=O) groups excluding carboxylic acids is 1. The first-order valence-electron chi connectivity index (χ1n) is 8.99. The van der Waals surface area contributed by atoms with Crippen molar-refractivity contribution in [2.75, 3.05) is 0 Å². The topological polar surface area (TPSA) is 70.1 Å². The van der Waals surface area contributed by atoms with Crippen molar-refractivity contribution in [3.63, 3.8) is 0 Å². The van der Waals surface area contributed by atoms with Crippen molar-refractivity contribution < 1.29 is 4.79 Å². The lowest BCUT2D eigenvalue weighted by Crippen LogP contribution is -2.17. The zero-order chi connectivity index (χ0) is 20.1. The number of hydrogen-bond acceptors (Lipinski definition) is 3. The Kier molecular flexibility index (Phi) is 5.49. The van der Waals surface area contributed by atoms with Crippen molar-refractivity contribution >= 4 is 40.6 Å². The van der Waals surface area contributed by atoms with E-state index in [9.17, 15) is 4.79 Å². The van der Waals surface area contributed by atoms with Crippen LogP contribution in [0.3, 0.4) is 0 Å². The molecular formula is C23H17ClN4O. The highest BCUT2D eigenvalue weighted by Gasteiger charge is 2.10. The second-order valence-corrected chi connectivity index (χ2v) is 6.80. The number of H-pyrrole nitrogens is 1. The van der Waals surface area contributed by atoms with Crippen LogP contribution in [0.15, 0.2) is 89.0 Å². The normalized spacial score (nSPS) is 11.8. The molecule has 0 fully saturated rings. The Bertz CT molecular complexity index is 1210. The summed E-state index contributed by atoms with van der Waals surface area (Å²) in [6.45, 7) is 0. The standard InChI is InChI=1S/C23H17ClN4O/c24-20(12-16-6-2-1-3-7-16)15-25-28-23(29)22-14-21(26-27-22)19-11-10-17-8-4-5-9-18(17)13-19/h1-15H,(H,26,27)(H,28,29)/b20-12-,25-15+. The van der Waals surface area contributed by atoms with E-state index >= 15 is 0 Å². The molecule has 0 unspecified atom stereocenters. The number of aromatic amines is 1. The van der Waals surface area contributed by atoms with Gasteiger partial charge < -0.3 is 0 Å². The third-order valence-electron chi connectivity index (χ3n) is 4.33. The number of hydrazone groups is 1. The predicted molar refractivity (Wildman–Crippen MR) is 118 cm³/mol. The highest BCUT2D eigenvalue weighted by Crippen LogP contribution is 2.23. The number of halogens is 1. The average Bonchev–Trinajstić information content (AvgIpc) is 3.24. The third kappa shape index (κ3) is 4.59. The Morgan fingerprint density at radius 1 is 0.966 bits per heavy atom. The molecule has 4 aromatic rings. The first-order chi connectivity index (χ1) is 14.2. The molecule has 5 nitrogen and oxygen atoms in total. The number of nitrogens with one attached hydrogen (secondary N) is 2. The van der Waals surface area contributed by atoms with E-state index in [0.717, 1.165) is 21.9 Å². The van der Waals surface area contributed by atoms with Crippen molar-refractivity contribution in [1.29, 1.82) is 0 Å². The molecule has 0 spiro atoms. The quantitative estimate of drug-likeness (QED) is 0.356. The fraction of sp³-hybridized carbons (Fsp3) is 0. The van der Waals surface area contributed by atoms with Crippen molar-refractivity contribution in [1.82, 2.24) is 15.6 Å². The molecule has 1 amide bonds. The summed E-state index contributed by atoms with van der Waals surface area (Å²) in [5.74, 6) is -0.398. The van der Waals surface area contributed by atoms with Crippen LogP contribution in [0, 0.1) is 0 Å². The van der Waals surface area contributed by atoms with Crippen LogP contribution >= 0.6 is 11.6 Å². The van der Waals surface area contributed by atoms with Gasteiger partial charge in [-0.1, -0.05) is 78.3 Å². The van der Waals surface area contributed by atoms with E-state index in [0.29, 0.717) is 16.4 Å². The van der Waals surface area contributed by atoms with Gasteiger partial charge in [0.15, 0.2) is 0 Å². The van der Waals surface area contributed by atoms with E-state index in [4.69, 9.17) is 11.6 Å². The molecule has 0 atom stereocenters. The van der Waals surface area contributed by atoms with Crippen LogP contribution in [0.5, 0.6) is 0 Å². The van der Waals surface area contributed by atoms with Crippen LogP contribution < -0.4 is 5.43 Å². The maximum atomic E-state index is 12.3. The van der Waals surface area contributed by atoms with Gasteiger partial charge in [-0.05, 0) is 34.5 Å². The van der Waals surface area contributed by atoms with Crippen LogP contribution in [0.4, 0.5) is 0 Å². The summed E-state index contributed by atoms with van der Waals surface area (Å²) in [6, 6.07) is 25.4. The fourth-order valence-electron chi connectivity index (χ4n) is 2.89. The zero-order valence-electron chi connectivity index (χ0n) is 15.3. The molecule has 0 aliphatic rings. The number of hydrogen-bond donors (Lipinski definition) is 2. The van der Waals surface area contributed by atoms with Gasteiger partial charge in [-0.25, -0.2) is 5.43 Å². The van der Waals surface area contributed by atoms with Gasteiger partial charge in [-0.3, -0.25) is 9.89 Å². The van der Waals surface area contributed by atoms with E-state index in [-0.39, 0.29) is 0 Å². The number of aromatic nitrogens is 2. The number of benzene rings is 3. The summed E-state index contributed by atoms with van der Waals surface area (Å²) in [5, 5.41) is 13.5. The van der Waals surface area contributed by atoms with Crippen molar-refractivity contribution in [2.45, 2.75) is 0 Å². The molecule has 142 valence electrons. The number of rotatable bonds is 5. The molecular weight excluding hydrogens is 384 g/mol. The van der Waals surface area contributed by atoms with Crippen LogP contribution in [0.1, 0.15) is 16.1 Å². The maximum absolute atomic E-state index is 12.3. The van der Waals surface area contributed by atoms with Gasteiger partial charge in [-0.2, -0.15) is 10.2 Å². The lowest BCUT2D eigenvalue weighted by atomic mass is 10.1. The molecule has 2 N–H and O–H groups in total. The number of carbonyl (C=O) groups is 1. The van der Waals surface area contributed by atoms with Crippen LogP contribution in [-0.4, -0.2) is 22.3 Å². The van der Waals surface area contributed by atoms with Gasteiger partial charge in [0.25, 0.3) is 5.91 Å². The molecule has 3 aromatic carbocycles. The summed E-state index contributed by atoms with van der Waals surface area (Å²) >= 11 is 6.12. The van der Waals surface area contributed by atoms with E-state index in [1.807, 2.05) is 66.7 Å². The lowest BCUT2D eigenvalue weighted by molar-refractivity contribution is 0.0950. The summed E-state index contributed by atoms with van der Waals surface area (Å²) in [4.78, 5) is 12.3. The largest absolute Gasteiger partial charge is 0.289 e. The third-order valence-corrected chi connectivity index (χ3v) is 4.53. The molecule has 0 aliphatic heterocycles. The minimum atomic E-state index is -0.398. The molecule has 29 heavy (non-hydrogen) atoms. The van der Waals surface area contributed by atoms with E-state index in [1.165, 1.54) is 6.21 Å². The summed E-state index contributed by atoms with van der Waals surface area (Å²) in [7, 11) is 0. The molecule has 1 aromatic heterocycles. The summed E-state index contributed by atoms with van der Waals surface area (Å²) in [5.41, 5.74) is 5.32. The Labute approximate surface area is 172 Å². The molecule has 1 heterocycles. The smallest absolute Gasteiger partial charge is 0.272 e. The number of allylic oxidation sites excluding steroid dienone is 1. The Morgan fingerprint density at radius 2 is 1.72 bits per heavy atom. The monoisotopic (exact) mass is 400 g/mol. The van der Waals surface area contributed by atoms with Gasteiger partial charge in [-0.15, -0.1) is 0 Å². The lowest BCUT2D eigenvalue weighted by Gasteiger charge is -2.00. The minimum absolute atomic E-state index is 0.313. The maximum Gasteiger partial charge on any atom is 0.289 e. The van der Waals surface area contributed by atoms with E-state index in [1.54, 1.807) is 12.1 Å². The van der Waals surface area contributed by atoms with Crippen molar-refractivity contribution in [3.05, 3.63) is 95.2 Å². The molecule has 6 heteroatoms. The molecule has 0 bridgehead atoms. The van der Waals surface area contributed by atoms with Gasteiger partial charge in [0, 0.05) is 5.56 Å². The molecule has 0 saturated heterocycles. The van der Waals surface area contributed by atoms with Crippen LogP contribution in [-0.2, 0) is 0 Å². The molecule has 4 rings (SSSR count). The first kappa shape index (κ1) is 18.7. The van der Waals surface area contributed by atoms with E-state index in [2.05, 4.69) is 26.8 Å². The Balaban J connectivity index is 1.43. The Morgan fingerprint density at radius 3 is 2.55 bits per heavy atom. The van der Waals surface area contributed by atoms with Gasteiger partial charge in [0.05, 0.1) is 16.9 Å². The first-order valence-corrected chi connectivity index (χ1v) is 9.37. The average molecular weight is 401 g/mol. The highest BCUT2D eigenvalue weighted by molar-refractivity contribution is 6.41. The minimum Gasteiger partial charge on any atom is -0.272 e. The SMILES string of the molecule is O=C(N/N=C/C(Cl)=C/c1ccccc1)c1cc(-c2ccc3ccccc3c2)n[nH]1. The summed E-state index contributed by atoms with van der Waals surface area (Å²) < 4.78 is 0. The van der Waals surface area contributed by atoms with Gasteiger partial charge in [0.2, 0.25) is 0 Å².